The molecule has 2 aromatic rings. The maximum absolute atomic E-state index is 12.8. The van der Waals surface area contributed by atoms with Crippen LogP contribution in [0.1, 0.15) is 54.8 Å². The molecule has 0 radical (unpaired) electrons. The SMILES string of the molecule is COc1ccc(C[C@]2(CCC(=O)N[C@H]3CCc4ccccc43)CCC(=O)N2)cc1OC. The predicted molar refractivity (Wildman–Crippen MR) is 118 cm³/mol. The Bertz CT molecular complexity index is 974. The third-order valence-electron chi connectivity index (χ3n) is 6.52. The van der Waals surface area contributed by atoms with E-state index in [2.05, 4.69) is 22.8 Å². The molecule has 4 rings (SSSR count). The Morgan fingerprint density at radius 3 is 2.68 bits per heavy atom. The highest BCUT2D eigenvalue weighted by Gasteiger charge is 2.38. The Balaban J connectivity index is 1.42. The maximum Gasteiger partial charge on any atom is 0.220 e. The van der Waals surface area contributed by atoms with Gasteiger partial charge in [-0.05, 0) is 60.9 Å². The minimum atomic E-state index is -0.415. The zero-order valence-corrected chi connectivity index (χ0v) is 18.2. The number of carbonyl (C=O) groups is 2. The van der Waals surface area contributed by atoms with Crippen LogP contribution in [0.3, 0.4) is 0 Å². The van der Waals surface area contributed by atoms with Crippen molar-refractivity contribution in [3.63, 3.8) is 0 Å². The molecule has 1 aliphatic carbocycles. The molecule has 6 heteroatoms. The first-order valence-corrected chi connectivity index (χ1v) is 10.9. The molecule has 2 aliphatic rings. The molecule has 31 heavy (non-hydrogen) atoms. The van der Waals surface area contributed by atoms with Gasteiger partial charge in [0, 0.05) is 18.4 Å². The summed E-state index contributed by atoms with van der Waals surface area (Å²) in [4.78, 5) is 24.8. The van der Waals surface area contributed by atoms with Crippen LogP contribution in [0, 0.1) is 0 Å². The number of ether oxygens (including phenoxy) is 2. The van der Waals surface area contributed by atoms with Crippen LogP contribution in [-0.4, -0.2) is 31.6 Å². The number of benzene rings is 2. The molecule has 1 saturated heterocycles. The van der Waals surface area contributed by atoms with Crippen molar-refractivity contribution in [3.05, 3.63) is 59.2 Å². The predicted octanol–water partition coefficient (Wildman–Crippen LogP) is 3.48. The zero-order chi connectivity index (χ0) is 21.8. The maximum atomic E-state index is 12.8. The Morgan fingerprint density at radius 1 is 1.13 bits per heavy atom. The fraction of sp³-hybridized carbons (Fsp3) is 0.440. The van der Waals surface area contributed by atoms with Gasteiger partial charge in [0.25, 0.3) is 0 Å². The second kappa shape index (κ2) is 9.00. The van der Waals surface area contributed by atoms with E-state index in [-0.39, 0.29) is 17.9 Å². The molecule has 0 aromatic heterocycles. The van der Waals surface area contributed by atoms with Gasteiger partial charge in [0.1, 0.15) is 0 Å². The Morgan fingerprint density at radius 2 is 1.94 bits per heavy atom. The largest absolute Gasteiger partial charge is 0.493 e. The van der Waals surface area contributed by atoms with Crippen molar-refractivity contribution in [2.24, 2.45) is 0 Å². The summed E-state index contributed by atoms with van der Waals surface area (Å²) in [7, 11) is 3.22. The van der Waals surface area contributed by atoms with Gasteiger partial charge in [-0.15, -0.1) is 0 Å². The average molecular weight is 423 g/mol. The van der Waals surface area contributed by atoms with Gasteiger partial charge in [0.2, 0.25) is 11.8 Å². The number of nitrogens with one attached hydrogen (secondary N) is 2. The van der Waals surface area contributed by atoms with Crippen molar-refractivity contribution in [2.45, 2.75) is 56.5 Å². The van der Waals surface area contributed by atoms with Gasteiger partial charge in [0.15, 0.2) is 11.5 Å². The lowest BCUT2D eigenvalue weighted by molar-refractivity contribution is -0.123. The van der Waals surface area contributed by atoms with Gasteiger partial charge in [-0.25, -0.2) is 0 Å². The number of fused-ring (bicyclic) bond motifs is 1. The van der Waals surface area contributed by atoms with Crippen molar-refractivity contribution in [2.75, 3.05) is 14.2 Å². The molecule has 2 aromatic carbocycles. The van der Waals surface area contributed by atoms with Gasteiger partial charge in [0.05, 0.1) is 20.3 Å². The Kier molecular flexibility index (Phi) is 6.16. The fourth-order valence-corrected chi connectivity index (χ4v) is 4.89. The Labute approximate surface area is 183 Å². The molecule has 6 nitrogen and oxygen atoms in total. The molecular formula is C25H30N2O4. The number of carbonyl (C=O) groups excluding carboxylic acids is 2. The lowest BCUT2D eigenvalue weighted by Gasteiger charge is -2.30. The number of methoxy groups -OCH3 is 2. The summed E-state index contributed by atoms with van der Waals surface area (Å²) in [5.74, 6) is 1.42. The monoisotopic (exact) mass is 422 g/mol. The van der Waals surface area contributed by atoms with Crippen molar-refractivity contribution >= 4 is 11.8 Å². The molecule has 0 bridgehead atoms. The molecule has 1 heterocycles. The van der Waals surface area contributed by atoms with E-state index < -0.39 is 5.54 Å². The molecule has 2 amide bonds. The molecule has 0 unspecified atom stereocenters. The third-order valence-corrected chi connectivity index (χ3v) is 6.52. The van der Waals surface area contributed by atoms with E-state index in [0.717, 1.165) is 24.8 Å². The molecule has 2 N–H and O–H groups in total. The van der Waals surface area contributed by atoms with Crippen molar-refractivity contribution in [1.29, 1.82) is 0 Å². The summed E-state index contributed by atoms with van der Waals surface area (Å²) in [5.41, 5.74) is 3.18. The first kappa shape index (κ1) is 21.2. The zero-order valence-electron chi connectivity index (χ0n) is 18.2. The summed E-state index contributed by atoms with van der Waals surface area (Å²) >= 11 is 0. The van der Waals surface area contributed by atoms with Gasteiger partial charge in [-0.2, -0.15) is 0 Å². The normalized spacial score (nSPS) is 22.0. The number of amides is 2. The lowest BCUT2D eigenvalue weighted by atomic mass is 9.84. The molecule has 2 atom stereocenters. The molecule has 1 aliphatic heterocycles. The van der Waals surface area contributed by atoms with Crippen LogP contribution in [0.2, 0.25) is 0 Å². The number of hydrogen-bond donors (Lipinski definition) is 2. The van der Waals surface area contributed by atoms with E-state index in [1.165, 1.54) is 11.1 Å². The van der Waals surface area contributed by atoms with Crippen molar-refractivity contribution < 1.29 is 19.1 Å². The van der Waals surface area contributed by atoms with Crippen LogP contribution in [0.4, 0.5) is 0 Å². The summed E-state index contributed by atoms with van der Waals surface area (Å²) in [6.45, 7) is 0. The van der Waals surface area contributed by atoms with Crippen LogP contribution < -0.4 is 20.1 Å². The fourth-order valence-electron chi connectivity index (χ4n) is 4.89. The van der Waals surface area contributed by atoms with E-state index in [1.54, 1.807) is 14.2 Å². The average Bonchev–Trinajstić information content (AvgIpc) is 3.36. The van der Waals surface area contributed by atoms with Gasteiger partial charge in [-0.3, -0.25) is 9.59 Å². The minimum absolute atomic E-state index is 0.0366. The van der Waals surface area contributed by atoms with Crippen LogP contribution in [-0.2, 0) is 22.4 Å². The van der Waals surface area contributed by atoms with Crippen LogP contribution >= 0.6 is 0 Å². The third kappa shape index (κ3) is 4.68. The summed E-state index contributed by atoms with van der Waals surface area (Å²) in [6.07, 6.45) is 4.79. The van der Waals surface area contributed by atoms with Gasteiger partial charge < -0.3 is 20.1 Å². The molecule has 1 fully saturated rings. The van der Waals surface area contributed by atoms with Crippen LogP contribution in [0.25, 0.3) is 0 Å². The van der Waals surface area contributed by atoms with E-state index in [0.29, 0.717) is 37.2 Å². The molecule has 0 saturated carbocycles. The van der Waals surface area contributed by atoms with E-state index in [4.69, 9.17) is 9.47 Å². The number of hydrogen-bond acceptors (Lipinski definition) is 4. The molecule has 0 spiro atoms. The highest BCUT2D eigenvalue weighted by molar-refractivity contribution is 5.80. The lowest BCUT2D eigenvalue weighted by Crippen LogP contribution is -2.44. The standard InChI is InChI=1S/C25H30N2O4/c1-30-21-10-7-17(15-22(21)31-2)16-25(14-12-24(29)27-25)13-11-23(28)26-20-9-8-18-5-3-4-6-19(18)20/h3-7,10,15,20H,8-9,11-14,16H2,1-2H3,(H,26,28)(H,27,29)/t20-,25-/m0/s1. The number of aryl methyl sites for hydroxylation is 1. The number of rotatable bonds is 8. The van der Waals surface area contributed by atoms with Gasteiger partial charge >= 0.3 is 0 Å². The highest BCUT2D eigenvalue weighted by atomic mass is 16.5. The van der Waals surface area contributed by atoms with E-state index >= 15 is 0 Å². The summed E-state index contributed by atoms with van der Waals surface area (Å²) in [6, 6.07) is 14.2. The van der Waals surface area contributed by atoms with Gasteiger partial charge in [-0.1, -0.05) is 30.3 Å². The first-order chi connectivity index (χ1) is 15.0. The van der Waals surface area contributed by atoms with E-state index in [9.17, 15) is 9.59 Å². The topological polar surface area (TPSA) is 76.7 Å². The summed E-state index contributed by atoms with van der Waals surface area (Å²) < 4.78 is 10.7. The minimum Gasteiger partial charge on any atom is -0.493 e. The highest BCUT2D eigenvalue weighted by Crippen LogP contribution is 2.34. The second-order valence-corrected chi connectivity index (χ2v) is 8.55. The van der Waals surface area contributed by atoms with Crippen LogP contribution in [0.15, 0.2) is 42.5 Å². The second-order valence-electron chi connectivity index (χ2n) is 8.55. The first-order valence-electron chi connectivity index (χ1n) is 10.9. The van der Waals surface area contributed by atoms with E-state index in [1.807, 2.05) is 30.3 Å². The smallest absolute Gasteiger partial charge is 0.220 e. The van der Waals surface area contributed by atoms with Crippen molar-refractivity contribution in [1.82, 2.24) is 10.6 Å². The van der Waals surface area contributed by atoms with Crippen LogP contribution in [0.5, 0.6) is 11.5 Å². The quantitative estimate of drug-likeness (QED) is 0.683. The Hall–Kier alpha value is -3.02. The van der Waals surface area contributed by atoms with Crippen molar-refractivity contribution in [3.8, 4) is 11.5 Å². The summed E-state index contributed by atoms with van der Waals surface area (Å²) in [5, 5.41) is 6.35. The molecular weight excluding hydrogens is 392 g/mol. The molecule has 164 valence electrons.